The minimum Gasteiger partial charge on any atom is -0.497 e. The van der Waals surface area contributed by atoms with E-state index in [1.54, 1.807) is 7.11 Å². The van der Waals surface area contributed by atoms with Crippen LogP contribution in [0.4, 0.5) is 0 Å². The van der Waals surface area contributed by atoms with E-state index >= 15 is 0 Å². The lowest BCUT2D eigenvalue weighted by molar-refractivity contribution is 0.415. The minimum atomic E-state index is 0.725. The van der Waals surface area contributed by atoms with E-state index in [1.165, 1.54) is 59.9 Å². The van der Waals surface area contributed by atoms with Crippen molar-refractivity contribution in [2.45, 2.75) is 57.8 Å². The van der Waals surface area contributed by atoms with Gasteiger partial charge in [-0.3, -0.25) is 0 Å². The number of hydrogen-bond donors (Lipinski definition) is 0. The second-order valence-corrected chi connectivity index (χ2v) is 7.49. The summed E-state index contributed by atoms with van der Waals surface area (Å²) in [4.78, 5) is 0. The van der Waals surface area contributed by atoms with E-state index in [2.05, 4.69) is 49.9 Å². The molecule has 1 fully saturated rings. The first-order valence-corrected chi connectivity index (χ1v) is 9.58. The lowest BCUT2D eigenvalue weighted by atomic mass is 9.82. The van der Waals surface area contributed by atoms with Crippen molar-refractivity contribution in [1.29, 1.82) is 0 Å². The van der Waals surface area contributed by atoms with Crippen molar-refractivity contribution in [1.82, 2.24) is 0 Å². The highest BCUT2D eigenvalue weighted by Gasteiger charge is 2.17. The van der Waals surface area contributed by atoms with E-state index in [9.17, 15) is 0 Å². The molecule has 2 aromatic carbocycles. The molecule has 1 saturated carbocycles. The standard InChI is InChI=1S/C24H30O/c1-18(2)12-13-19-14-22(20-8-5-4-6-9-20)16-23(15-19)21-10-7-11-24(17-21)25-3/h7,10-11,14-17,20H,1,4-6,8-9,12-13H2,2-3H3. The van der Waals surface area contributed by atoms with Crippen molar-refractivity contribution < 1.29 is 4.74 Å². The topological polar surface area (TPSA) is 9.23 Å². The van der Waals surface area contributed by atoms with Crippen LogP contribution in [0, 0.1) is 0 Å². The van der Waals surface area contributed by atoms with Gasteiger partial charge in [0.2, 0.25) is 0 Å². The fraction of sp³-hybridized carbons (Fsp3) is 0.417. The Bertz CT molecular complexity index is 723. The summed E-state index contributed by atoms with van der Waals surface area (Å²) in [6, 6.07) is 15.6. The fourth-order valence-electron chi connectivity index (χ4n) is 3.86. The maximum Gasteiger partial charge on any atom is 0.119 e. The molecule has 0 radical (unpaired) electrons. The summed E-state index contributed by atoms with van der Waals surface area (Å²) >= 11 is 0. The van der Waals surface area contributed by atoms with Crippen LogP contribution in [-0.4, -0.2) is 7.11 Å². The van der Waals surface area contributed by atoms with Gasteiger partial charge in [0.25, 0.3) is 0 Å². The smallest absolute Gasteiger partial charge is 0.119 e. The Hall–Kier alpha value is -2.02. The van der Waals surface area contributed by atoms with Gasteiger partial charge >= 0.3 is 0 Å². The molecule has 0 N–H and O–H groups in total. The number of aryl methyl sites for hydroxylation is 1. The molecule has 0 unspecified atom stereocenters. The van der Waals surface area contributed by atoms with Gasteiger partial charge in [-0.25, -0.2) is 0 Å². The third-order valence-electron chi connectivity index (χ3n) is 5.34. The Labute approximate surface area is 152 Å². The van der Waals surface area contributed by atoms with Crippen LogP contribution in [0.3, 0.4) is 0 Å². The zero-order valence-corrected chi connectivity index (χ0v) is 15.7. The Balaban J connectivity index is 1.97. The number of ether oxygens (including phenoxy) is 1. The fourth-order valence-corrected chi connectivity index (χ4v) is 3.86. The number of methoxy groups -OCH3 is 1. The maximum atomic E-state index is 5.42. The number of benzene rings is 2. The van der Waals surface area contributed by atoms with Gasteiger partial charge in [0.1, 0.15) is 5.75 Å². The van der Waals surface area contributed by atoms with Gasteiger partial charge in [-0.1, -0.05) is 55.2 Å². The molecule has 0 saturated heterocycles. The maximum absolute atomic E-state index is 5.42. The van der Waals surface area contributed by atoms with E-state index < -0.39 is 0 Å². The first kappa shape index (κ1) is 17.8. The highest BCUT2D eigenvalue weighted by molar-refractivity contribution is 5.67. The van der Waals surface area contributed by atoms with Gasteiger partial charge in [0.05, 0.1) is 7.11 Å². The van der Waals surface area contributed by atoms with E-state index in [0.717, 1.165) is 24.5 Å². The van der Waals surface area contributed by atoms with E-state index in [4.69, 9.17) is 4.74 Å². The van der Waals surface area contributed by atoms with Gasteiger partial charge in [0, 0.05) is 0 Å². The van der Waals surface area contributed by atoms with Crippen LogP contribution in [0.25, 0.3) is 11.1 Å². The van der Waals surface area contributed by atoms with Gasteiger partial charge in [-0.05, 0) is 72.9 Å². The average molecular weight is 335 g/mol. The Kier molecular flexibility index (Phi) is 5.96. The van der Waals surface area contributed by atoms with Gasteiger partial charge in [-0.2, -0.15) is 0 Å². The quantitative estimate of drug-likeness (QED) is 0.521. The molecular weight excluding hydrogens is 304 g/mol. The van der Waals surface area contributed by atoms with Crippen LogP contribution in [0.1, 0.15) is 62.5 Å². The molecule has 0 amide bonds. The summed E-state index contributed by atoms with van der Waals surface area (Å²) in [5.41, 5.74) is 6.78. The summed E-state index contributed by atoms with van der Waals surface area (Å²) in [7, 11) is 1.73. The summed E-state index contributed by atoms with van der Waals surface area (Å²) in [6.07, 6.45) is 8.94. The number of rotatable bonds is 6. The molecule has 0 aromatic heterocycles. The van der Waals surface area contributed by atoms with Crippen LogP contribution in [0.15, 0.2) is 54.6 Å². The summed E-state index contributed by atoms with van der Waals surface area (Å²) in [5, 5.41) is 0. The molecule has 132 valence electrons. The van der Waals surface area contributed by atoms with Crippen molar-refractivity contribution in [3.63, 3.8) is 0 Å². The second-order valence-electron chi connectivity index (χ2n) is 7.49. The molecule has 1 nitrogen and oxygen atoms in total. The third-order valence-corrected chi connectivity index (χ3v) is 5.34. The number of hydrogen-bond acceptors (Lipinski definition) is 1. The van der Waals surface area contributed by atoms with Crippen molar-refractivity contribution in [2.24, 2.45) is 0 Å². The molecule has 0 bridgehead atoms. The molecule has 1 aliphatic rings. The molecule has 0 atom stereocenters. The van der Waals surface area contributed by atoms with Crippen LogP contribution in [-0.2, 0) is 6.42 Å². The summed E-state index contributed by atoms with van der Waals surface area (Å²) < 4.78 is 5.42. The normalized spacial score (nSPS) is 15.1. The second kappa shape index (κ2) is 8.38. The minimum absolute atomic E-state index is 0.725. The molecule has 2 aromatic rings. The molecule has 3 rings (SSSR count). The first-order valence-electron chi connectivity index (χ1n) is 9.58. The lowest BCUT2D eigenvalue weighted by Crippen LogP contribution is -2.05. The van der Waals surface area contributed by atoms with E-state index in [0.29, 0.717) is 0 Å². The van der Waals surface area contributed by atoms with Crippen molar-refractivity contribution in [2.75, 3.05) is 7.11 Å². The summed E-state index contributed by atoms with van der Waals surface area (Å²) in [6.45, 7) is 6.19. The molecule has 0 heterocycles. The SMILES string of the molecule is C=C(C)CCc1cc(-c2cccc(OC)c2)cc(C2CCCCC2)c1. The van der Waals surface area contributed by atoms with E-state index in [-0.39, 0.29) is 0 Å². The van der Waals surface area contributed by atoms with Gasteiger partial charge in [-0.15, -0.1) is 6.58 Å². The largest absolute Gasteiger partial charge is 0.497 e. The molecular formula is C24H30O. The predicted molar refractivity (Wildman–Crippen MR) is 107 cm³/mol. The number of allylic oxidation sites excluding steroid dienone is 1. The lowest BCUT2D eigenvalue weighted by Gasteiger charge is -2.23. The van der Waals surface area contributed by atoms with Crippen molar-refractivity contribution in [3.8, 4) is 16.9 Å². The molecule has 1 heteroatoms. The van der Waals surface area contributed by atoms with Gasteiger partial charge in [0.15, 0.2) is 0 Å². The first-order chi connectivity index (χ1) is 12.2. The van der Waals surface area contributed by atoms with Crippen molar-refractivity contribution >= 4 is 0 Å². The van der Waals surface area contributed by atoms with Crippen LogP contribution < -0.4 is 4.74 Å². The third kappa shape index (κ3) is 4.75. The van der Waals surface area contributed by atoms with Crippen molar-refractivity contribution in [3.05, 3.63) is 65.7 Å². The zero-order valence-electron chi connectivity index (χ0n) is 15.7. The average Bonchev–Trinajstić information content (AvgIpc) is 2.67. The monoisotopic (exact) mass is 334 g/mol. The van der Waals surface area contributed by atoms with Crippen LogP contribution >= 0.6 is 0 Å². The van der Waals surface area contributed by atoms with Crippen LogP contribution in [0.2, 0.25) is 0 Å². The Morgan fingerprint density at radius 1 is 1.04 bits per heavy atom. The predicted octanol–water partition coefficient (Wildman–Crippen LogP) is 6.92. The highest BCUT2D eigenvalue weighted by Crippen LogP contribution is 2.36. The molecule has 1 aliphatic carbocycles. The Morgan fingerprint density at radius 2 is 1.84 bits per heavy atom. The highest BCUT2D eigenvalue weighted by atomic mass is 16.5. The molecule has 25 heavy (non-hydrogen) atoms. The molecule has 0 spiro atoms. The van der Waals surface area contributed by atoms with Crippen LogP contribution in [0.5, 0.6) is 5.75 Å². The van der Waals surface area contributed by atoms with Gasteiger partial charge < -0.3 is 4.74 Å². The summed E-state index contributed by atoms with van der Waals surface area (Å²) in [5.74, 6) is 1.65. The van der Waals surface area contributed by atoms with E-state index in [1.807, 2.05) is 6.07 Å². The molecule has 0 aliphatic heterocycles. The Morgan fingerprint density at radius 3 is 2.56 bits per heavy atom. The zero-order chi connectivity index (χ0) is 17.6.